The molecule has 1 heterocycles. The summed E-state index contributed by atoms with van der Waals surface area (Å²) in [7, 11) is 0. The molecule has 0 fully saturated rings. The maximum Gasteiger partial charge on any atom is 0.160 e. The molecule has 1 aliphatic heterocycles. The van der Waals surface area contributed by atoms with Gasteiger partial charge in [-0.25, -0.2) is 9.98 Å². The molecule has 0 radical (unpaired) electrons. The molecule has 0 aliphatic carbocycles. The molecule has 0 saturated heterocycles. The lowest BCUT2D eigenvalue weighted by Gasteiger charge is -2.00. The van der Waals surface area contributed by atoms with E-state index < -0.39 is 0 Å². The van der Waals surface area contributed by atoms with E-state index in [-0.39, 0.29) is 1.43 Å². The maximum atomic E-state index is 5.84. The Morgan fingerprint density at radius 1 is 1.33 bits per heavy atom. The summed E-state index contributed by atoms with van der Waals surface area (Å²) in [6, 6.07) is 9.59. The van der Waals surface area contributed by atoms with Gasteiger partial charge in [0.1, 0.15) is 5.84 Å². The van der Waals surface area contributed by atoms with Crippen molar-refractivity contribution in [3.8, 4) is 0 Å². The van der Waals surface area contributed by atoms with Crippen molar-refractivity contribution in [2.45, 2.75) is 0 Å². The first kappa shape index (κ1) is 9.40. The molecule has 1 aromatic carbocycles. The summed E-state index contributed by atoms with van der Waals surface area (Å²) in [5.41, 5.74) is 7.51. The molecule has 3 nitrogen and oxygen atoms in total. The van der Waals surface area contributed by atoms with Crippen molar-refractivity contribution in [3.63, 3.8) is 0 Å². The van der Waals surface area contributed by atoms with Gasteiger partial charge in [-0.15, -0.1) is 0 Å². The number of nitrogens with zero attached hydrogens (tertiary/aromatic N) is 2. The van der Waals surface area contributed by atoms with Crippen LogP contribution < -0.4 is 5.73 Å². The third-order valence-corrected chi connectivity index (χ3v) is 2.06. The van der Waals surface area contributed by atoms with Crippen LogP contribution in [0, 0.1) is 0 Å². The molecule has 0 atom stereocenters. The largest absolute Gasteiger partial charge is 0.383 e. The number of aliphatic imine (C=N–C) groups is 2. The summed E-state index contributed by atoms with van der Waals surface area (Å²) in [4.78, 5) is 8.26. The van der Waals surface area contributed by atoms with Gasteiger partial charge in [0.05, 0.1) is 0 Å². The van der Waals surface area contributed by atoms with Crippen LogP contribution in [0.5, 0.6) is 0 Å². The summed E-state index contributed by atoms with van der Waals surface area (Å²) < 4.78 is 0. The van der Waals surface area contributed by atoms with Crippen LogP contribution in [-0.4, -0.2) is 11.7 Å². The number of hydrogen-bond donors (Lipinski definition) is 1. The van der Waals surface area contributed by atoms with Crippen LogP contribution in [0.3, 0.4) is 0 Å². The Labute approximate surface area is 89.9 Å². The van der Waals surface area contributed by atoms with E-state index in [1.165, 1.54) is 0 Å². The normalized spacial score (nSPS) is 15.6. The fraction of sp³-hybridized carbons (Fsp3) is 0. The Kier molecular flexibility index (Phi) is 2.46. The molecule has 0 unspecified atom stereocenters. The number of benzene rings is 1. The van der Waals surface area contributed by atoms with E-state index in [2.05, 4.69) is 16.6 Å². The molecular formula is C12H13N3. The Hall–Kier alpha value is -2.16. The van der Waals surface area contributed by atoms with E-state index in [0.29, 0.717) is 11.7 Å². The molecule has 0 bridgehead atoms. The van der Waals surface area contributed by atoms with Crippen LogP contribution in [0.1, 0.15) is 6.99 Å². The van der Waals surface area contributed by atoms with Crippen molar-refractivity contribution in [2.75, 3.05) is 0 Å². The second-order valence-corrected chi connectivity index (χ2v) is 3.16. The molecule has 2 N–H and O–H groups in total. The average Bonchev–Trinajstić information content (AvgIpc) is 2.66. The monoisotopic (exact) mass is 199 g/mol. The molecule has 76 valence electrons. The quantitative estimate of drug-likeness (QED) is 0.546. The number of rotatable bonds is 1. The van der Waals surface area contributed by atoms with E-state index in [0.717, 1.165) is 11.1 Å². The van der Waals surface area contributed by atoms with E-state index in [1.54, 1.807) is 12.3 Å². The maximum absolute atomic E-state index is 5.84. The van der Waals surface area contributed by atoms with E-state index in [1.807, 2.05) is 30.3 Å². The first-order chi connectivity index (χ1) is 7.27. The van der Waals surface area contributed by atoms with E-state index in [9.17, 15) is 0 Å². The highest BCUT2D eigenvalue weighted by molar-refractivity contribution is 6.12. The molecule has 0 saturated carbocycles. The van der Waals surface area contributed by atoms with Crippen molar-refractivity contribution < 1.29 is 1.43 Å². The summed E-state index contributed by atoms with van der Waals surface area (Å²) >= 11 is 0. The lowest BCUT2D eigenvalue weighted by molar-refractivity contribution is 1.48. The molecule has 15 heavy (non-hydrogen) atoms. The zero-order valence-corrected chi connectivity index (χ0v) is 8.22. The molecule has 3 heteroatoms. The zero-order chi connectivity index (χ0) is 10.7. The molecule has 2 rings (SSSR count). The highest BCUT2D eigenvalue weighted by Crippen LogP contribution is 2.08. The van der Waals surface area contributed by atoms with Gasteiger partial charge in [0.2, 0.25) is 0 Å². The van der Waals surface area contributed by atoms with Crippen LogP contribution in [0.4, 0.5) is 0 Å². The van der Waals surface area contributed by atoms with Gasteiger partial charge in [-0.1, -0.05) is 36.9 Å². The Morgan fingerprint density at radius 2 is 2.07 bits per heavy atom. The minimum absolute atomic E-state index is 0. The lowest BCUT2D eigenvalue weighted by atomic mass is 10.2. The van der Waals surface area contributed by atoms with Crippen molar-refractivity contribution in [3.05, 3.63) is 60.3 Å². The standard InChI is InChI=1S/C12H11N3.H2/c1-9-7-8-14-12(9)15-11(13)10-5-3-2-4-6-10;/h2-8H,1H2,(H2,13,14,15);1H. The number of hydrogen-bond acceptors (Lipinski definition) is 2. The average molecular weight is 199 g/mol. The fourth-order valence-electron chi connectivity index (χ4n) is 1.24. The molecule has 0 spiro atoms. The van der Waals surface area contributed by atoms with Gasteiger partial charge in [0.15, 0.2) is 5.84 Å². The molecule has 1 aliphatic rings. The van der Waals surface area contributed by atoms with Gasteiger partial charge in [0, 0.05) is 18.8 Å². The first-order valence-electron chi connectivity index (χ1n) is 4.60. The van der Waals surface area contributed by atoms with E-state index in [4.69, 9.17) is 5.73 Å². The third kappa shape index (κ3) is 2.02. The van der Waals surface area contributed by atoms with Crippen LogP contribution in [0.25, 0.3) is 0 Å². The van der Waals surface area contributed by atoms with Crippen molar-refractivity contribution in [1.82, 2.24) is 0 Å². The second kappa shape index (κ2) is 3.92. The zero-order valence-electron chi connectivity index (χ0n) is 8.22. The van der Waals surface area contributed by atoms with E-state index >= 15 is 0 Å². The Bertz CT molecular complexity index is 472. The predicted octanol–water partition coefficient (Wildman–Crippen LogP) is 2.12. The number of amidine groups is 2. The summed E-state index contributed by atoms with van der Waals surface area (Å²) in [5, 5.41) is 0. The minimum Gasteiger partial charge on any atom is -0.383 e. The first-order valence-corrected chi connectivity index (χ1v) is 4.60. The van der Waals surface area contributed by atoms with Crippen LogP contribution in [0.2, 0.25) is 0 Å². The second-order valence-electron chi connectivity index (χ2n) is 3.16. The van der Waals surface area contributed by atoms with Crippen LogP contribution in [-0.2, 0) is 0 Å². The molecule has 0 aromatic heterocycles. The predicted molar refractivity (Wildman–Crippen MR) is 65.0 cm³/mol. The highest BCUT2D eigenvalue weighted by Gasteiger charge is 2.06. The number of nitrogens with two attached hydrogens (primary N) is 1. The van der Waals surface area contributed by atoms with Crippen molar-refractivity contribution in [1.29, 1.82) is 0 Å². The Morgan fingerprint density at radius 3 is 2.67 bits per heavy atom. The van der Waals surface area contributed by atoms with Crippen LogP contribution in [0.15, 0.2) is 64.7 Å². The van der Waals surface area contributed by atoms with Gasteiger partial charge in [-0.2, -0.15) is 0 Å². The van der Waals surface area contributed by atoms with Gasteiger partial charge in [0.25, 0.3) is 0 Å². The third-order valence-electron chi connectivity index (χ3n) is 2.06. The van der Waals surface area contributed by atoms with Gasteiger partial charge in [-0.3, -0.25) is 0 Å². The fourth-order valence-corrected chi connectivity index (χ4v) is 1.24. The van der Waals surface area contributed by atoms with Crippen molar-refractivity contribution >= 4 is 11.7 Å². The lowest BCUT2D eigenvalue weighted by Crippen LogP contribution is -2.15. The topological polar surface area (TPSA) is 50.7 Å². The Balaban J connectivity index is 0.00000128. The highest BCUT2D eigenvalue weighted by atomic mass is 15.0. The van der Waals surface area contributed by atoms with Gasteiger partial charge < -0.3 is 5.73 Å². The summed E-state index contributed by atoms with van der Waals surface area (Å²) in [5.74, 6) is 1.04. The SMILES string of the molecule is C=C1C=CN=C1N=C(N)c1ccccc1.[HH]. The molecule has 1 aromatic rings. The summed E-state index contributed by atoms with van der Waals surface area (Å²) in [6.07, 6.45) is 3.47. The molecular weight excluding hydrogens is 186 g/mol. The summed E-state index contributed by atoms with van der Waals surface area (Å²) in [6.45, 7) is 3.80. The molecule has 0 amide bonds. The smallest absolute Gasteiger partial charge is 0.160 e. The van der Waals surface area contributed by atoms with Crippen molar-refractivity contribution in [2.24, 2.45) is 15.7 Å². The van der Waals surface area contributed by atoms with Gasteiger partial charge >= 0.3 is 0 Å². The van der Waals surface area contributed by atoms with Gasteiger partial charge in [-0.05, 0) is 6.08 Å². The van der Waals surface area contributed by atoms with Crippen LogP contribution >= 0.6 is 0 Å². The minimum atomic E-state index is 0.